The molecule has 0 saturated carbocycles. The molecule has 0 aromatic heterocycles. The third-order valence-corrected chi connectivity index (χ3v) is 5.82. The first-order valence-corrected chi connectivity index (χ1v) is 11.1. The van der Waals surface area contributed by atoms with Crippen molar-refractivity contribution >= 4 is 27.5 Å². The molecule has 162 valence electrons. The molecule has 8 nitrogen and oxygen atoms in total. The van der Waals surface area contributed by atoms with E-state index in [0.717, 1.165) is 12.0 Å². The molecule has 2 rings (SSSR count). The van der Waals surface area contributed by atoms with Gasteiger partial charge >= 0.3 is 0 Å². The molecule has 0 radical (unpaired) electrons. The second-order valence-corrected chi connectivity index (χ2v) is 8.26. The fourth-order valence-corrected chi connectivity index (χ4v) is 3.97. The topological polar surface area (TPSA) is 114 Å². The summed E-state index contributed by atoms with van der Waals surface area (Å²) >= 11 is 0. The zero-order valence-corrected chi connectivity index (χ0v) is 18.3. The number of carbonyl (C=O) groups excluding carboxylic acids is 2. The van der Waals surface area contributed by atoms with Gasteiger partial charge in [-0.2, -0.15) is 0 Å². The predicted molar refractivity (Wildman–Crippen MR) is 115 cm³/mol. The molecule has 1 unspecified atom stereocenters. The number of nitrogens with one attached hydrogen (secondary N) is 3. The minimum Gasteiger partial charge on any atom is -0.495 e. The normalized spacial score (nSPS) is 12.0. The van der Waals surface area contributed by atoms with E-state index < -0.39 is 22.0 Å². The van der Waals surface area contributed by atoms with Crippen molar-refractivity contribution in [2.45, 2.75) is 38.1 Å². The van der Waals surface area contributed by atoms with Gasteiger partial charge in [0.2, 0.25) is 5.91 Å². The maximum Gasteiger partial charge on any atom is 0.265 e. The van der Waals surface area contributed by atoms with E-state index in [4.69, 9.17) is 4.74 Å². The number of hydrogen-bond donors (Lipinski definition) is 3. The average molecular weight is 434 g/mol. The van der Waals surface area contributed by atoms with Crippen molar-refractivity contribution in [3.63, 3.8) is 0 Å². The van der Waals surface area contributed by atoms with E-state index in [1.807, 2.05) is 19.1 Å². The van der Waals surface area contributed by atoms with Crippen molar-refractivity contribution in [1.82, 2.24) is 10.6 Å². The lowest BCUT2D eigenvalue weighted by Crippen LogP contribution is -2.44. The van der Waals surface area contributed by atoms with Crippen LogP contribution in [-0.2, 0) is 21.2 Å². The highest BCUT2D eigenvalue weighted by molar-refractivity contribution is 7.92. The number of benzene rings is 2. The number of anilines is 1. The van der Waals surface area contributed by atoms with Gasteiger partial charge in [-0.3, -0.25) is 14.3 Å². The van der Waals surface area contributed by atoms with E-state index in [9.17, 15) is 18.0 Å². The largest absolute Gasteiger partial charge is 0.495 e. The molecule has 0 heterocycles. The van der Waals surface area contributed by atoms with Gasteiger partial charge in [-0.1, -0.05) is 19.1 Å². The molecule has 9 heteroatoms. The monoisotopic (exact) mass is 433 g/mol. The van der Waals surface area contributed by atoms with Crippen LogP contribution in [-0.4, -0.2) is 39.9 Å². The first kappa shape index (κ1) is 23.2. The van der Waals surface area contributed by atoms with Crippen LogP contribution in [0.5, 0.6) is 5.75 Å². The maximum atomic E-state index is 12.9. The Morgan fingerprint density at radius 2 is 1.73 bits per heavy atom. The Hall–Kier alpha value is -3.07. The van der Waals surface area contributed by atoms with Gasteiger partial charge in [-0.05, 0) is 56.2 Å². The quantitative estimate of drug-likeness (QED) is 0.562. The van der Waals surface area contributed by atoms with E-state index in [1.165, 1.54) is 25.3 Å². The van der Waals surface area contributed by atoms with Gasteiger partial charge in [0.1, 0.15) is 16.7 Å². The van der Waals surface area contributed by atoms with E-state index in [-0.39, 0.29) is 22.1 Å². The molecule has 0 aliphatic carbocycles. The zero-order valence-electron chi connectivity index (χ0n) is 17.5. The summed E-state index contributed by atoms with van der Waals surface area (Å²) in [6.07, 6.45) is 0.840. The van der Waals surface area contributed by atoms with Gasteiger partial charge in [0.25, 0.3) is 15.9 Å². The second kappa shape index (κ2) is 10.1. The molecular formula is C21H27N3O5S. The number of ether oxygens (including phenoxy) is 1. The molecule has 2 amide bonds. The maximum absolute atomic E-state index is 12.9. The van der Waals surface area contributed by atoms with Crippen LogP contribution < -0.4 is 20.1 Å². The summed E-state index contributed by atoms with van der Waals surface area (Å²) in [5.41, 5.74) is 1.57. The predicted octanol–water partition coefficient (Wildman–Crippen LogP) is 2.31. The Kier molecular flexibility index (Phi) is 7.82. The van der Waals surface area contributed by atoms with Crippen molar-refractivity contribution in [2.24, 2.45) is 0 Å². The molecule has 0 aliphatic rings. The summed E-state index contributed by atoms with van der Waals surface area (Å²) in [6, 6.07) is 10.3. The standard InChI is InChI=1S/C21H27N3O5S/c1-5-15-7-10-17(11-8-15)24-30(27,28)19-13-16(9-12-18(19)29-4)21(26)23-14(3)20(25)22-6-2/h7-14,24H,5-6H2,1-4H3,(H,22,25)(H,23,26). The Labute approximate surface area is 177 Å². The van der Waals surface area contributed by atoms with Crippen molar-refractivity contribution < 1.29 is 22.7 Å². The zero-order chi connectivity index (χ0) is 22.3. The summed E-state index contributed by atoms with van der Waals surface area (Å²) in [7, 11) is -2.67. The molecular weight excluding hydrogens is 406 g/mol. The van der Waals surface area contributed by atoms with Gasteiger partial charge in [-0.15, -0.1) is 0 Å². The molecule has 0 saturated heterocycles. The van der Waals surface area contributed by atoms with Crippen LogP contribution in [0.15, 0.2) is 47.4 Å². The number of amides is 2. The van der Waals surface area contributed by atoms with E-state index >= 15 is 0 Å². The fraction of sp³-hybridized carbons (Fsp3) is 0.333. The van der Waals surface area contributed by atoms with Crippen LogP contribution in [0.25, 0.3) is 0 Å². The van der Waals surface area contributed by atoms with Gasteiger partial charge in [0.15, 0.2) is 0 Å². The second-order valence-electron chi connectivity index (χ2n) is 6.61. The molecule has 2 aromatic carbocycles. The van der Waals surface area contributed by atoms with Gasteiger partial charge in [0.05, 0.1) is 7.11 Å². The molecule has 2 aromatic rings. The van der Waals surface area contributed by atoms with Crippen LogP contribution >= 0.6 is 0 Å². The van der Waals surface area contributed by atoms with Crippen LogP contribution in [0.4, 0.5) is 5.69 Å². The summed E-state index contributed by atoms with van der Waals surface area (Å²) < 4.78 is 33.6. The molecule has 30 heavy (non-hydrogen) atoms. The highest BCUT2D eigenvalue weighted by atomic mass is 32.2. The number of carbonyl (C=O) groups is 2. The highest BCUT2D eigenvalue weighted by Crippen LogP contribution is 2.27. The van der Waals surface area contributed by atoms with E-state index in [2.05, 4.69) is 15.4 Å². The Balaban J connectivity index is 2.29. The van der Waals surface area contributed by atoms with Crippen molar-refractivity contribution in [1.29, 1.82) is 0 Å². The van der Waals surface area contributed by atoms with Crippen LogP contribution in [0.2, 0.25) is 0 Å². The average Bonchev–Trinajstić information content (AvgIpc) is 2.73. The molecule has 0 bridgehead atoms. The Morgan fingerprint density at radius 1 is 1.07 bits per heavy atom. The van der Waals surface area contributed by atoms with Gasteiger partial charge in [0, 0.05) is 17.8 Å². The van der Waals surface area contributed by atoms with Crippen molar-refractivity contribution in [3.05, 3.63) is 53.6 Å². The van der Waals surface area contributed by atoms with Gasteiger partial charge in [-0.25, -0.2) is 8.42 Å². The number of methoxy groups -OCH3 is 1. The Bertz CT molecular complexity index is 1000. The lowest BCUT2D eigenvalue weighted by molar-refractivity contribution is -0.122. The van der Waals surface area contributed by atoms with Gasteiger partial charge < -0.3 is 15.4 Å². The molecule has 0 spiro atoms. The third-order valence-electron chi connectivity index (χ3n) is 4.42. The lowest BCUT2D eigenvalue weighted by atomic mass is 10.2. The number of aryl methyl sites for hydroxylation is 1. The van der Waals surface area contributed by atoms with Crippen LogP contribution in [0.1, 0.15) is 36.7 Å². The lowest BCUT2D eigenvalue weighted by Gasteiger charge is -2.15. The number of likely N-dealkylation sites (N-methyl/N-ethyl adjacent to an activating group) is 1. The highest BCUT2D eigenvalue weighted by Gasteiger charge is 2.23. The third kappa shape index (κ3) is 5.73. The first-order valence-electron chi connectivity index (χ1n) is 9.60. The molecule has 3 N–H and O–H groups in total. The number of hydrogen-bond acceptors (Lipinski definition) is 5. The minimum atomic E-state index is -4.02. The molecule has 0 aliphatic heterocycles. The summed E-state index contributed by atoms with van der Waals surface area (Å²) in [5, 5.41) is 5.16. The molecule has 1 atom stereocenters. The van der Waals surface area contributed by atoms with Crippen LogP contribution in [0, 0.1) is 0 Å². The molecule has 0 fully saturated rings. The SMILES string of the molecule is CCNC(=O)C(C)NC(=O)c1ccc(OC)c(S(=O)(=O)Nc2ccc(CC)cc2)c1. The fourth-order valence-electron chi connectivity index (χ4n) is 2.72. The smallest absolute Gasteiger partial charge is 0.265 e. The van der Waals surface area contributed by atoms with Crippen molar-refractivity contribution in [3.8, 4) is 5.75 Å². The summed E-state index contributed by atoms with van der Waals surface area (Å²) in [6.45, 7) is 5.77. The summed E-state index contributed by atoms with van der Waals surface area (Å²) in [4.78, 5) is 24.2. The number of rotatable bonds is 9. The van der Waals surface area contributed by atoms with E-state index in [1.54, 1.807) is 26.0 Å². The van der Waals surface area contributed by atoms with E-state index in [0.29, 0.717) is 12.2 Å². The number of sulfonamides is 1. The Morgan fingerprint density at radius 3 is 2.30 bits per heavy atom. The van der Waals surface area contributed by atoms with Crippen LogP contribution in [0.3, 0.4) is 0 Å². The summed E-state index contributed by atoms with van der Waals surface area (Å²) in [5.74, 6) is -0.800. The first-order chi connectivity index (χ1) is 14.2. The van der Waals surface area contributed by atoms with Crippen molar-refractivity contribution in [2.75, 3.05) is 18.4 Å². The minimum absolute atomic E-state index is 0.0913.